The number of rotatable bonds is 10. The maximum Gasteiger partial charge on any atom is 0.192 e. The van der Waals surface area contributed by atoms with Gasteiger partial charge >= 0.3 is 0 Å². The van der Waals surface area contributed by atoms with E-state index in [0.29, 0.717) is 12.5 Å². The standard InChI is InChI=1S/C21H36ClNO2Si/c1-18(14-22)12-13-23(15-19-10-8-7-9-11-19)20(16-24)17-25-26(5,6)21(2,3)4/h7-12,20,24H,13-17H2,1-6H3/b18-12+/t20-/m0/s1. The highest BCUT2D eigenvalue weighted by Gasteiger charge is 2.38. The summed E-state index contributed by atoms with van der Waals surface area (Å²) >= 11 is 5.92. The highest BCUT2D eigenvalue weighted by atomic mass is 35.5. The van der Waals surface area contributed by atoms with Crippen LogP contribution in [0.1, 0.15) is 33.3 Å². The van der Waals surface area contributed by atoms with Crippen LogP contribution in [0, 0.1) is 0 Å². The van der Waals surface area contributed by atoms with Gasteiger partial charge in [-0.3, -0.25) is 4.90 Å². The lowest BCUT2D eigenvalue weighted by atomic mass is 10.1. The molecule has 0 saturated carbocycles. The van der Waals surface area contributed by atoms with Crippen molar-refractivity contribution in [3.63, 3.8) is 0 Å². The summed E-state index contributed by atoms with van der Waals surface area (Å²) in [6.07, 6.45) is 2.14. The molecule has 0 radical (unpaired) electrons. The molecule has 0 heterocycles. The molecule has 0 aromatic heterocycles. The van der Waals surface area contributed by atoms with E-state index in [-0.39, 0.29) is 17.7 Å². The Kier molecular flexibility index (Phi) is 9.55. The third kappa shape index (κ3) is 7.53. The summed E-state index contributed by atoms with van der Waals surface area (Å²) in [5.74, 6) is 0.531. The second-order valence-corrected chi connectivity index (χ2v) is 13.6. The van der Waals surface area contributed by atoms with Gasteiger partial charge < -0.3 is 9.53 Å². The first-order valence-corrected chi connectivity index (χ1v) is 12.8. The average molecular weight is 398 g/mol. The van der Waals surface area contributed by atoms with Gasteiger partial charge in [-0.05, 0) is 30.6 Å². The lowest BCUT2D eigenvalue weighted by Crippen LogP contribution is -2.47. The number of benzene rings is 1. The van der Waals surface area contributed by atoms with E-state index in [2.05, 4.69) is 57.0 Å². The smallest absolute Gasteiger partial charge is 0.192 e. The summed E-state index contributed by atoms with van der Waals surface area (Å²) in [6.45, 7) is 15.4. The highest BCUT2D eigenvalue weighted by Crippen LogP contribution is 2.36. The van der Waals surface area contributed by atoms with E-state index in [1.54, 1.807) is 0 Å². The van der Waals surface area contributed by atoms with Gasteiger partial charge in [0.1, 0.15) is 0 Å². The number of nitrogens with zero attached hydrogens (tertiary/aromatic N) is 1. The van der Waals surface area contributed by atoms with Crippen molar-refractivity contribution < 1.29 is 9.53 Å². The third-order valence-corrected chi connectivity index (χ3v) is 10.2. The summed E-state index contributed by atoms with van der Waals surface area (Å²) in [4.78, 5) is 2.28. The Morgan fingerprint density at radius 3 is 2.38 bits per heavy atom. The van der Waals surface area contributed by atoms with Crippen LogP contribution in [-0.2, 0) is 11.0 Å². The summed E-state index contributed by atoms with van der Waals surface area (Å²) in [5.41, 5.74) is 2.38. The third-order valence-electron chi connectivity index (χ3n) is 5.28. The van der Waals surface area contributed by atoms with Crippen molar-refractivity contribution in [3.8, 4) is 0 Å². The van der Waals surface area contributed by atoms with Gasteiger partial charge in [0.2, 0.25) is 0 Å². The fourth-order valence-electron chi connectivity index (χ4n) is 2.28. The van der Waals surface area contributed by atoms with E-state index in [1.165, 1.54) is 5.56 Å². The fourth-order valence-corrected chi connectivity index (χ4v) is 3.43. The fraction of sp³-hybridized carbons (Fsp3) is 0.619. The van der Waals surface area contributed by atoms with E-state index in [9.17, 15) is 5.11 Å². The minimum atomic E-state index is -1.85. The van der Waals surface area contributed by atoms with Crippen LogP contribution in [-0.4, -0.2) is 50.0 Å². The second-order valence-electron chi connectivity index (χ2n) is 8.51. The van der Waals surface area contributed by atoms with Gasteiger partial charge in [0.15, 0.2) is 8.32 Å². The van der Waals surface area contributed by atoms with Crippen LogP contribution in [0.15, 0.2) is 42.0 Å². The molecule has 1 rings (SSSR count). The molecule has 0 aliphatic rings. The molecule has 0 spiro atoms. The summed E-state index contributed by atoms with van der Waals surface area (Å²) in [6, 6.07) is 10.3. The number of alkyl halides is 1. The van der Waals surface area contributed by atoms with Crippen LogP contribution in [0.25, 0.3) is 0 Å². The largest absolute Gasteiger partial charge is 0.415 e. The molecule has 1 atom stereocenters. The topological polar surface area (TPSA) is 32.7 Å². The molecule has 0 bridgehead atoms. The Morgan fingerprint density at radius 2 is 1.88 bits per heavy atom. The molecule has 5 heteroatoms. The molecule has 0 saturated heterocycles. The normalized spacial score (nSPS) is 14.7. The first-order chi connectivity index (χ1) is 12.1. The molecular weight excluding hydrogens is 362 g/mol. The van der Waals surface area contributed by atoms with Gasteiger partial charge in [0.25, 0.3) is 0 Å². The van der Waals surface area contributed by atoms with Crippen molar-refractivity contribution in [1.82, 2.24) is 4.90 Å². The first-order valence-electron chi connectivity index (χ1n) is 9.35. The predicted molar refractivity (Wildman–Crippen MR) is 115 cm³/mol. The van der Waals surface area contributed by atoms with E-state index in [1.807, 2.05) is 25.1 Å². The molecule has 0 amide bonds. The molecular formula is C21H36ClNO2Si. The predicted octanol–water partition coefficient (Wildman–Crippen LogP) is 5.06. The van der Waals surface area contributed by atoms with E-state index in [4.69, 9.17) is 16.0 Å². The molecule has 148 valence electrons. The van der Waals surface area contributed by atoms with Gasteiger partial charge in [-0.15, -0.1) is 11.6 Å². The monoisotopic (exact) mass is 397 g/mol. The zero-order valence-corrected chi connectivity index (χ0v) is 19.0. The van der Waals surface area contributed by atoms with Crippen LogP contribution in [0.3, 0.4) is 0 Å². The van der Waals surface area contributed by atoms with Crippen molar-refractivity contribution in [1.29, 1.82) is 0 Å². The van der Waals surface area contributed by atoms with Crippen molar-refractivity contribution >= 4 is 19.9 Å². The van der Waals surface area contributed by atoms with Gasteiger partial charge in [0.05, 0.1) is 19.3 Å². The van der Waals surface area contributed by atoms with E-state index >= 15 is 0 Å². The number of aliphatic hydroxyl groups is 1. The molecule has 0 aliphatic carbocycles. The van der Waals surface area contributed by atoms with Crippen molar-refractivity contribution in [2.45, 2.75) is 58.4 Å². The van der Waals surface area contributed by atoms with Gasteiger partial charge in [-0.2, -0.15) is 0 Å². The molecule has 1 aromatic rings. The average Bonchev–Trinajstić information content (AvgIpc) is 2.59. The summed E-state index contributed by atoms with van der Waals surface area (Å²) in [5, 5.41) is 10.2. The highest BCUT2D eigenvalue weighted by molar-refractivity contribution is 6.74. The second kappa shape index (κ2) is 10.6. The van der Waals surface area contributed by atoms with Gasteiger partial charge in [-0.25, -0.2) is 0 Å². The Hall–Kier alpha value is -0.653. The maximum absolute atomic E-state index is 10.0. The van der Waals surface area contributed by atoms with Crippen LogP contribution in [0.4, 0.5) is 0 Å². The Morgan fingerprint density at radius 1 is 1.27 bits per heavy atom. The molecule has 0 aliphatic heterocycles. The number of halogens is 1. The van der Waals surface area contributed by atoms with Crippen molar-refractivity contribution in [3.05, 3.63) is 47.5 Å². The van der Waals surface area contributed by atoms with Crippen LogP contribution < -0.4 is 0 Å². The number of hydrogen-bond donors (Lipinski definition) is 1. The maximum atomic E-state index is 10.0. The van der Waals surface area contributed by atoms with E-state index < -0.39 is 8.32 Å². The molecule has 0 unspecified atom stereocenters. The van der Waals surface area contributed by atoms with Crippen LogP contribution >= 0.6 is 11.6 Å². The Balaban J connectivity index is 2.90. The minimum Gasteiger partial charge on any atom is -0.415 e. The lowest BCUT2D eigenvalue weighted by molar-refractivity contribution is 0.0804. The molecule has 1 aromatic carbocycles. The molecule has 1 N–H and O–H groups in total. The minimum absolute atomic E-state index is 0.0382. The molecule has 26 heavy (non-hydrogen) atoms. The number of hydrogen-bond acceptors (Lipinski definition) is 3. The van der Waals surface area contributed by atoms with E-state index in [0.717, 1.165) is 18.7 Å². The quantitative estimate of drug-likeness (QED) is 0.340. The Labute approximate surface area is 166 Å². The Bertz CT molecular complexity index is 555. The zero-order valence-electron chi connectivity index (χ0n) is 17.3. The number of aliphatic hydroxyl groups excluding tert-OH is 1. The molecule has 0 fully saturated rings. The SMILES string of the molecule is C/C(=C\CN(Cc1ccccc1)[C@@H](CO)CO[Si](C)(C)C(C)(C)C)CCl. The van der Waals surface area contributed by atoms with Crippen LogP contribution in [0.5, 0.6) is 0 Å². The summed E-state index contributed by atoms with van der Waals surface area (Å²) in [7, 11) is -1.85. The van der Waals surface area contributed by atoms with Crippen LogP contribution in [0.2, 0.25) is 18.1 Å². The van der Waals surface area contributed by atoms with Crippen molar-refractivity contribution in [2.24, 2.45) is 0 Å². The zero-order chi connectivity index (χ0) is 19.8. The van der Waals surface area contributed by atoms with Gasteiger partial charge in [-0.1, -0.05) is 62.8 Å². The first kappa shape index (κ1) is 23.4. The lowest BCUT2D eigenvalue weighted by Gasteiger charge is -2.39. The van der Waals surface area contributed by atoms with Crippen molar-refractivity contribution in [2.75, 3.05) is 25.6 Å². The number of allylic oxidation sites excluding steroid dienone is 1. The van der Waals surface area contributed by atoms with Gasteiger partial charge in [0, 0.05) is 19.0 Å². The summed E-state index contributed by atoms with van der Waals surface area (Å²) < 4.78 is 6.39. The molecule has 3 nitrogen and oxygen atoms in total.